The van der Waals surface area contributed by atoms with Gasteiger partial charge in [-0.1, -0.05) is 15.9 Å². The number of rotatable bonds is 3. The van der Waals surface area contributed by atoms with E-state index < -0.39 is 0 Å². The molecule has 0 aliphatic carbocycles. The number of anilines is 1. The molecule has 2 N–H and O–H groups in total. The third-order valence-electron chi connectivity index (χ3n) is 3.00. The zero-order valence-electron chi connectivity index (χ0n) is 10.7. The number of H-pyrrole nitrogens is 1. The molecule has 0 fully saturated rings. The molecule has 0 aliphatic heterocycles. The van der Waals surface area contributed by atoms with Crippen LogP contribution in [0.2, 0.25) is 0 Å². The molecule has 6 heteroatoms. The predicted molar refractivity (Wildman–Crippen MR) is 86.4 cm³/mol. The number of thiophene rings is 1. The monoisotopic (exact) mass is 349 g/mol. The Morgan fingerprint density at radius 2 is 2.25 bits per heavy atom. The first-order chi connectivity index (χ1) is 9.63. The highest BCUT2D eigenvalue weighted by molar-refractivity contribution is 9.10. The molecular formula is C14H12BrN3OS. The Morgan fingerprint density at radius 3 is 3.05 bits per heavy atom. The topological polar surface area (TPSA) is 57.8 Å². The van der Waals surface area contributed by atoms with Crippen molar-refractivity contribution in [3.8, 4) is 0 Å². The number of benzene rings is 1. The van der Waals surface area contributed by atoms with Crippen molar-refractivity contribution in [1.29, 1.82) is 0 Å². The highest BCUT2D eigenvalue weighted by Gasteiger charge is 2.05. The van der Waals surface area contributed by atoms with Gasteiger partial charge in [0.2, 0.25) is 0 Å². The molecule has 0 spiro atoms. The van der Waals surface area contributed by atoms with Crippen LogP contribution < -0.4 is 10.9 Å². The average Bonchev–Trinajstić information content (AvgIpc) is 2.86. The number of halogens is 1. The number of nitrogens with zero attached hydrogens (tertiary/aromatic N) is 1. The summed E-state index contributed by atoms with van der Waals surface area (Å²) in [5.41, 5.74) is 2.84. The fourth-order valence-corrected chi connectivity index (χ4v) is 3.21. The molecule has 0 saturated heterocycles. The summed E-state index contributed by atoms with van der Waals surface area (Å²) in [7, 11) is 0. The van der Waals surface area contributed by atoms with E-state index in [4.69, 9.17) is 0 Å². The smallest absolute Gasteiger partial charge is 0.268 e. The zero-order chi connectivity index (χ0) is 14.1. The number of nitrogens with one attached hydrogen (secondary N) is 2. The van der Waals surface area contributed by atoms with Gasteiger partial charge in [-0.05, 0) is 42.1 Å². The van der Waals surface area contributed by atoms with Crippen LogP contribution in [0.4, 0.5) is 5.69 Å². The molecule has 102 valence electrons. The van der Waals surface area contributed by atoms with Gasteiger partial charge in [-0.25, -0.2) is 4.98 Å². The Labute approximate surface area is 128 Å². The molecule has 3 aromatic rings. The van der Waals surface area contributed by atoms with E-state index in [1.807, 2.05) is 36.6 Å². The van der Waals surface area contributed by atoms with Crippen LogP contribution in [0.1, 0.15) is 11.4 Å². The Kier molecular flexibility index (Phi) is 3.58. The molecule has 1 aromatic carbocycles. The average molecular weight is 350 g/mol. The van der Waals surface area contributed by atoms with Gasteiger partial charge in [0.05, 0.1) is 12.1 Å². The lowest BCUT2D eigenvalue weighted by molar-refractivity contribution is 0.954. The summed E-state index contributed by atoms with van der Waals surface area (Å²) in [6.45, 7) is 2.52. The summed E-state index contributed by atoms with van der Waals surface area (Å²) in [6.07, 6.45) is 0. The first kappa shape index (κ1) is 13.3. The Balaban J connectivity index is 1.84. The zero-order valence-corrected chi connectivity index (χ0v) is 13.1. The van der Waals surface area contributed by atoms with Crippen LogP contribution in [0.25, 0.3) is 10.2 Å². The Bertz CT molecular complexity index is 825. The lowest BCUT2D eigenvalue weighted by atomic mass is 10.2. The van der Waals surface area contributed by atoms with Crippen LogP contribution in [0, 0.1) is 6.92 Å². The molecule has 2 aromatic heterocycles. The molecule has 4 nitrogen and oxygen atoms in total. The Hall–Kier alpha value is -1.66. The molecule has 0 bridgehead atoms. The number of aromatic nitrogens is 2. The van der Waals surface area contributed by atoms with Crippen molar-refractivity contribution in [2.75, 3.05) is 5.32 Å². The minimum Gasteiger partial charge on any atom is -0.378 e. The lowest BCUT2D eigenvalue weighted by Crippen LogP contribution is -2.13. The normalized spacial score (nSPS) is 10.9. The van der Waals surface area contributed by atoms with E-state index in [1.54, 1.807) is 0 Å². The van der Waals surface area contributed by atoms with Gasteiger partial charge in [-0.3, -0.25) is 4.79 Å². The van der Waals surface area contributed by atoms with Crippen LogP contribution in [-0.4, -0.2) is 9.97 Å². The van der Waals surface area contributed by atoms with Crippen molar-refractivity contribution >= 4 is 43.2 Å². The van der Waals surface area contributed by atoms with E-state index in [9.17, 15) is 4.79 Å². The van der Waals surface area contributed by atoms with E-state index in [0.717, 1.165) is 21.2 Å². The second kappa shape index (κ2) is 5.38. The molecule has 0 atom stereocenters. The van der Waals surface area contributed by atoms with Crippen molar-refractivity contribution in [2.24, 2.45) is 0 Å². The highest BCUT2D eigenvalue weighted by atomic mass is 79.9. The molecule has 0 aliphatic rings. The van der Waals surface area contributed by atoms with Crippen LogP contribution in [0.15, 0.2) is 38.9 Å². The molecule has 20 heavy (non-hydrogen) atoms. The fourth-order valence-electron chi connectivity index (χ4n) is 2.01. The van der Waals surface area contributed by atoms with E-state index in [1.165, 1.54) is 11.3 Å². The first-order valence-corrected chi connectivity index (χ1v) is 7.77. The van der Waals surface area contributed by atoms with Crippen molar-refractivity contribution in [1.82, 2.24) is 9.97 Å². The fraction of sp³-hybridized carbons (Fsp3) is 0.143. The largest absolute Gasteiger partial charge is 0.378 e. The third kappa shape index (κ3) is 2.62. The second-order valence-electron chi connectivity index (χ2n) is 4.46. The maximum Gasteiger partial charge on any atom is 0.268 e. The number of aromatic amines is 1. The number of hydrogen-bond donors (Lipinski definition) is 2. The van der Waals surface area contributed by atoms with Crippen LogP contribution >= 0.6 is 27.3 Å². The van der Waals surface area contributed by atoms with Crippen LogP contribution in [0.3, 0.4) is 0 Å². The van der Waals surface area contributed by atoms with Crippen LogP contribution in [-0.2, 0) is 6.54 Å². The number of hydrogen-bond acceptors (Lipinski definition) is 4. The van der Waals surface area contributed by atoms with Gasteiger partial charge in [-0.15, -0.1) is 11.3 Å². The molecule has 3 rings (SSSR count). The van der Waals surface area contributed by atoms with Gasteiger partial charge in [0, 0.05) is 10.2 Å². The summed E-state index contributed by atoms with van der Waals surface area (Å²) >= 11 is 4.85. The molecule has 0 unspecified atom stereocenters. The molecular weight excluding hydrogens is 338 g/mol. The predicted octanol–water partition coefficient (Wildman–Crippen LogP) is 3.67. The van der Waals surface area contributed by atoms with Crippen molar-refractivity contribution in [3.63, 3.8) is 0 Å². The molecule has 2 heterocycles. The highest BCUT2D eigenvalue weighted by Crippen LogP contribution is 2.20. The van der Waals surface area contributed by atoms with Gasteiger partial charge in [0.15, 0.2) is 0 Å². The standard InChI is InChI=1S/C14H12BrN3OS/c1-8-6-9(15)2-3-10(8)16-7-12-17-11-4-5-20-13(11)14(19)18-12/h2-6,16H,7H2,1H3,(H,17,18,19). The lowest BCUT2D eigenvalue weighted by Gasteiger charge is -2.09. The second-order valence-corrected chi connectivity index (χ2v) is 6.29. The summed E-state index contributed by atoms with van der Waals surface area (Å²) in [5, 5.41) is 5.17. The molecule has 0 radical (unpaired) electrons. The van der Waals surface area contributed by atoms with Crippen molar-refractivity contribution in [2.45, 2.75) is 13.5 Å². The van der Waals surface area contributed by atoms with Crippen LogP contribution in [0.5, 0.6) is 0 Å². The van der Waals surface area contributed by atoms with Crippen molar-refractivity contribution < 1.29 is 0 Å². The Morgan fingerprint density at radius 1 is 1.40 bits per heavy atom. The summed E-state index contributed by atoms with van der Waals surface area (Å²) < 4.78 is 1.72. The van der Waals surface area contributed by atoms with Gasteiger partial charge < -0.3 is 10.3 Å². The summed E-state index contributed by atoms with van der Waals surface area (Å²) in [6, 6.07) is 7.89. The minimum atomic E-state index is -0.0747. The quantitative estimate of drug-likeness (QED) is 0.758. The maximum atomic E-state index is 11.9. The van der Waals surface area contributed by atoms with E-state index in [-0.39, 0.29) is 5.56 Å². The van der Waals surface area contributed by atoms with Gasteiger partial charge in [-0.2, -0.15) is 0 Å². The summed E-state index contributed by atoms with van der Waals surface area (Å²) in [5.74, 6) is 0.642. The van der Waals surface area contributed by atoms with Gasteiger partial charge in [0.1, 0.15) is 10.5 Å². The first-order valence-electron chi connectivity index (χ1n) is 6.10. The molecule has 0 amide bonds. The van der Waals surface area contributed by atoms with Crippen molar-refractivity contribution in [3.05, 3.63) is 55.9 Å². The third-order valence-corrected chi connectivity index (χ3v) is 4.39. The number of fused-ring (bicyclic) bond motifs is 1. The van der Waals surface area contributed by atoms with E-state index in [2.05, 4.69) is 31.2 Å². The SMILES string of the molecule is Cc1cc(Br)ccc1NCc1nc2ccsc2c(=O)[nH]1. The van der Waals surface area contributed by atoms with Gasteiger partial charge >= 0.3 is 0 Å². The summed E-state index contributed by atoms with van der Waals surface area (Å²) in [4.78, 5) is 19.1. The van der Waals surface area contributed by atoms with E-state index >= 15 is 0 Å². The van der Waals surface area contributed by atoms with Gasteiger partial charge in [0.25, 0.3) is 5.56 Å². The number of aryl methyl sites for hydroxylation is 1. The molecule has 0 saturated carbocycles. The maximum absolute atomic E-state index is 11.9. The van der Waals surface area contributed by atoms with E-state index in [0.29, 0.717) is 17.1 Å². The minimum absolute atomic E-state index is 0.0747.